The molecule has 1 saturated carbocycles. The third-order valence-corrected chi connectivity index (χ3v) is 4.58. The molecule has 112 valence electrons. The number of rotatable bonds is 5. The van der Waals surface area contributed by atoms with Crippen LogP contribution in [0.15, 0.2) is 12.1 Å². The zero-order valence-electron chi connectivity index (χ0n) is 12.1. The maximum absolute atomic E-state index is 9.05. The van der Waals surface area contributed by atoms with Crippen LogP contribution in [0.25, 0.3) is 5.65 Å². The van der Waals surface area contributed by atoms with Crippen molar-refractivity contribution in [3.05, 3.63) is 18.0 Å². The molecule has 1 aliphatic heterocycles. The van der Waals surface area contributed by atoms with Crippen molar-refractivity contribution >= 4 is 11.5 Å². The highest BCUT2D eigenvalue weighted by atomic mass is 16.2. The molecule has 1 atom stereocenters. The highest BCUT2D eigenvalue weighted by Crippen LogP contribution is 2.39. The van der Waals surface area contributed by atoms with E-state index in [4.69, 9.17) is 10.2 Å². The van der Waals surface area contributed by atoms with E-state index in [1.165, 1.54) is 25.7 Å². The Bertz CT molecular complexity index is 636. The topological polar surface area (TPSA) is 66.5 Å². The van der Waals surface area contributed by atoms with Gasteiger partial charge in [-0.05, 0) is 50.7 Å². The lowest BCUT2D eigenvalue weighted by Gasteiger charge is -2.25. The van der Waals surface area contributed by atoms with E-state index >= 15 is 0 Å². The Morgan fingerprint density at radius 2 is 2.10 bits per heavy atom. The van der Waals surface area contributed by atoms with Crippen LogP contribution in [0.4, 0.5) is 5.82 Å². The van der Waals surface area contributed by atoms with Gasteiger partial charge in [0, 0.05) is 25.1 Å². The molecule has 0 radical (unpaired) electrons. The molecule has 2 fully saturated rings. The molecule has 21 heavy (non-hydrogen) atoms. The molecule has 1 saturated heterocycles. The summed E-state index contributed by atoms with van der Waals surface area (Å²) in [5.74, 6) is 2.58. The summed E-state index contributed by atoms with van der Waals surface area (Å²) < 4.78 is 1.93. The largest absolute Gasteiger partial charge is 0.396 e. The van der Waals surface area contributed by atoms with E-state index in [9.17, 15) is 0 Å². The predicted molar refractivity (Wildman–Crippen MR) is 79.4 cm³/mol. The maximum Gasteiger partial charge on any atom is 0.178 e. The van der Waals surface area contributed by atoms with Gasteiger partial charge in [0.2, 0.25) is 0 Å². The van der Waals surface area contributed by atoms with Gasteiger partial charge in [-0.3, -0.25) is 0 Å². The number of aromatic nitrogens is 4. The minimum Gasteiger partial charge on any atom is -0.396 e. The van der Waals surface area contributed by atoms with Crippen LogP contribution in [0.5, 0.6) is 0 Å². The molecule has 6 nitrogen and oxygen atoms in total. The van der Waals surface area contributed by atoms with Crippen molar-refractivity contribution in [1.29, 1.82) is 0 Å². The summed E-state index contributed by atoms with van der Waals surface area (Å²) in [6.45, 7) is 1.32. The fourth-order valence-corrected chi connectivity index (χ4v) is 3.31. The average Bonchev–Trinajstić information content (AvgIpc) is 3.10. The van der Waals surface area contributed by atoms with Crippen molar-refractivity contribution in [2.24, 2.45) is 0 Å². The van der Waals surface area contributed by atoms with E-state index in [0.29, 0.717) is 12.0 Å². The Morgan fingerprint density at radius 1 is 1.19 bits per heavy atom. The van der Waals surface area contributed by atoms with Crippen molar-refractivity contribution in [2.45, 2.75) is 50.5 Å². The van der Waals surface area contributed by atoms with E-state index in [2.05, 4.69) is 21.2 Å². The Balaban J connectivity index is 1.64. The quantitative estimate of drug-likeness (QED) is 0.907. The van der Waals surface area contributed by atoms with Gasteiger partial charge < -0.3 is 10.0 Å². The zero-order valence-corrected chi connectivity index (χ0v) is 12.1. The lowest BCUT2D eigenvalue weighted by atomic mass is 10.1. The normalized spacial score (nSPS) is 22.3. The van der Waals surface area contributed by atoms with E-state index < -0.39 is 0 Å². The Morgan fingerprint density at radius 3 is 2.90 bits per heavy atom. The number of hydrogen-bond donors (Lipinski definition) is 1. The number of nitrogens with zero attached hydrogens (tertiary/aromatic N) is 5. The summed E-state index contributed by atoms with van der Waals surface area (Å²) in [5, 5.41) is 22.3. The number of hydrogen-bond acceptors (Lipinski definition) is 5. The summed E-state index contributed by atoms with van der Waals surface area (Å²) in [6, 6.07) is 4.57. The van der Waals surface area contributed by atoms with Crippen LogP contribution in [0.3, 0.4) is 0 Å². The second-order valence-corrected chi connectivity index (χ2v) is 6.15. The lowest BCUT2D eigenvalue weighted by Crippen LogP contribution is -2.30. The fourth-order valence-electron chi connectivity index (χ4n) is 3.31. The SMILES string of the molecule is OCCC[C@@H]1CCCN1c1ccc2nnc(C3CC3)n2n1. The average molecular weight is 287 g/mol. The van der Waals surface area contributed by atoms with Crippen LogP contribution in [0, 0.1) is 0 Å². The van der Waals surface area contributed by atoms with Gasteiger partial charge in [0.25, 0.3) is 0 Å². The van der Waals surface area contributed by atoms with Crippen LogP contribution < -0.4 is 4.90 Å². The first-order valence-electron chi connectivity index (χ1n) is 7.96. The second kappa shape index (κ2) is 5.26. The third-order valence-electron chi connectivity index (χ3n) is 4.58. The molecule has 1 N–H and O–H groups in total. The molecule has 0 unspecified atom stereocenters. The summed E-state index contributed by atoms with van der Waals surface area (Å²) in [7, 11) is 0. The number of aliphatic hydroxyl groups is 1. The summed E-state index contributed by atoms with van der Waals surface area (Å²) >= 11 is 0. The zero-order chi connectivity index (χ0) is 14.2. The van der Waals surface area contributed by atoms with Gasteiger partial charge in [-0.1, -0.05) is 0 Å². The van der Waals surface area contributed by atoms with Crippen LogP contribution in [-0.2, 0) is 0 Å². The molecule has 2 aromatic rings. The minimum atomic E-state index is 0.272. The van der Waals surface area contributed by atoms with Gasteiger partial charge in [0.1, 0.15) is 5.82 Å². The predicted octanol–water partition coefficient (Wildman–Crippen LogP) is 1.74. The molecule has 2 aliphatic rings. The molecular weight excluding hydrogens is 266 g/mol. The van der Waals surface area contributed by atoms with Crippen molar-refractivity contribution in [3.8, 4) is 0 Å². The van der Waals surface area contributed by atoms with E-state index in [0.717, 1.165) is 36.7 Å². The molecule has 0 spiro atoms. The number of fused-ring (bicyclic) bond motifs is 1. The first-order chi connectivity index (χ1) is 10.4. The van der Waals surface area contributed by atoms with Gasteiger partial charge >= 0.3 is 0 Å². The summed E-state index contributed by atoms with van der Waals surface area (Å²) in [5.41, 5.74) is 0.840. The second-order valence-electron chi connectivity index (χ2n) is 6.15. The number of anilines is 1. The third kappa shape index (κ3) is 2.37. The van der Waals surface area contributed by atoms with Crippen LogP contribution in [0.1, 0.15) is 50.3 Å². The van der Waals surface area contributed by atoms with Gasteiger partial charge in [0.05, 0.1) is 0 Å². The summed E-state index contributed by atoms with van der Waals surface area (Å²) in [4.78, 5) is 2.38. The van der Waals surface area contributed by atoms with E-state index in [-0.39, 0.29) is 6.61 Å². The highest BCUT2D eigenvalue weighted by Gasteiger charge is 2.30. The van der Waals surface area contributed by atoms with Crippen LogP contribution >= 0.6 is 0 Å². The van der Waals surface area contributed by atoms with E-state index in [1.54, 1.807) is 0 Å². The Labute approximate surface area is 123 Å². The molecule has 0 amide bonds. The first kappa shape index (κ1) is 13.0. The smallest absolute Gasteiger partial charge is 0.178 e. The Kier molecular flexibility index (Phi) is 3.25. The molecule has 6 heteroatoms. The van der Waals surface area contributed by atoms with Crippen LogP contribution in [0.2, 0.25) is 0 Å². The molecule has 2 aromatic heterocycles. The maximum atomic E-state index is 9.05. The lowest BCUT2D eigenvalue weighted by molar-refractivity contribution is 0.279. The molecule has 3 heterocycles. The van der Waals surface area contributed by atoms with Crippen molar-refractivity contribution < 1.29 is 5.11 Å². The first-order valence-corrected chi connectivity index (χ1v) is 7.96. The molecule has 0 bridgehead atoms. The monoisotopic (exact) mass is 287 g/mol. The van der Waals surface area contributed by atoms with Gasteiger partial charge in [-0.2, -0.15) is 4.52 Å². The molecule has 4 rings (SSSR count). The summed E-state index contributed by atoms with van der Waals surface area (Å²) in [6.07, 6.45) is 6.70. The van der Waals surface area contributed by atoms with E-state index in [1.807, 2.05) is 10.6 Å². The van der Waals surface area contributed by atoms with Gasteiger partial charge in [0.15, 0.2) is 11.5 Å². The van der Waals surface area contributed by atoms with Crippen LogP contribution in [-0.4, -0.2) is 44.1 Å². The molecule has 1 aliphatic carbocycles. The fraction of sp³-hybridized carbons (Fsp3) is 0.667. The van der Waals surface area contributed by atoms with Crippen molar-refractivity contribution in [2.75, 3.05) is 18.1 Å². The van der Waals surface area contributed by atoms with Gasteiger partial charge in [-0.15, -0.1) is 15.3 Å². The Hall–Kier alpha value is -1.69. The van der Waals surface area contributed by atoms with Crippen molar-refractivity contribution in [3.63, 3.8) is 0 Å². The standard InChI is InChI=1S/C15H21N5O/c21-10-2-4-12-3-1-9-19(12)14-8-7-13-16-17-15(11-5-6-11)20(13)18-14/h7-8,11-12,21H,1-6,9-10H2/t12-/m0/s1. The van der Waals surface area contributed by atoms with Crippen molar-refractivity contribution in [1.82, 2.24) is 19.8 Å². The van der Waals surface area contributed by atoms with Gasteiger partial charge in [-0.25, -0.2) is 0 Å². The number of aliphatic hydroxyl groups excluding tert-OH is 1. The minimum absolute atomic E-state index is 0.272. The molecular formula is C15H21N5O. The highest BCUT2D eigenvalue weighted by molar-refractivity contribution is 5.47. The molecule has 0 aromatic carbocycles.